The van der Waals surface area contributed by atoms with Gasteiger partial charge < -0.3 is 15.8 Å². The predicted molar refractivity (Wildman–Crippen MR) is 88.1 cm³/mol. The fourth-order valence-corrected chi connectivity index (χ4v) is 2.77. The predicted octanol–water partition coefficient (Wildman–Crippen LogP) is 1.98. The standard InChI is InChI=1S/C17H25N3O3/c1-3-12-23-14-8-6-13(7-9-14)17(4-2)15(21)20(11-5-10-18)16(22)19-17/h6-9H,3-5,10-12,18H2,1-2H3,(H,19,22). The maximum atomic E-state index is 12.8. The van der Waals surface area contributed by atoms with Crippen molar-refractivity contribution in [2.24, 2.45) is 5.73 Å². The quantitative estimate of drug-likeness (QED) is 0.718. The lowest BCUT2D eigenvalue weighted by molar-refractivity contribution is -0.131. The average molecular weight is 319 g/mol. The smallest absolute Gasteiger partial charge is 0.325 e. The highest BCUT2D eigenvalue weighted by molar-refractivity contribution is 6.07. The molecule has 0 radical (unpaired) electrons. The van der Waals surface area contributed by atoms with Crippen LogP contribution in [0.4, 0.5) is 4.79 Å². The van der Waals surface area contributed by atoms with Crippen LogP contribution in [0.15, 0.2) is 24.3 Å². The van der Waals surface area contributed by atoms with E-state index in [-0.39, 0.29) is 11.9 Å². The molecule has 126 valence electrons. The van der Waals surface area contributed by atoms with E-state index in [1.54, 1.807) is 0 Å². The van der Waals surface area contributed by atoms with Crippen molar-refractivity contribution in [2.45, 2.75) is 38.6 Å². The third kappa shape index (κ3) is 3.32. The second-order valence-corrected chi connectivity index (χ2v) is 5.66. The number of benzene rings is 1. The monoisotopic (exact) mass is 319 g/mol. The summed E-state index contributed by atoms with van der Waals surface area (Å²) < 4.78 is 5.56. The molecule has 1 fully saturated rings. The van der Waals surface area contributed by atoms with Gasteiger partial charge in [0.25, 0.3) is 5.91 Å². The number of ether oxygens (including phenoxy) is 1. The van der Waals surface area contributed by atoms with Gasteiger partial charge in [0.15, 0.2) is 0 Å². The van der Waals surface area contributed by atoms with Crippen LogP contribution in [0, 0.1) is 0 Å². The molecule has 3 amide bonds. The third-order valence-corrected chi connectivity index (χ3v) is 4.11. The minimum absolute atomic E-state index is 0.208. The van der Waals surface area contributed by atoms with Crippen molar-refractivity contribution >= 4 is 11.9 Å². The highest BCUT2D eigenvalue weighted by Gasteiger charge is 2.50. The van der Waals surface area contributed by atoms with E-state index in [0.29, 0.717) is 32.5 Å². The molecular formula is C17H25N3O3. The summed E-state index contributed by atoms with van der Waals surface area (Å²) in [5.74, 6) is 0.555. The molecule has 1 aromatic rings. The van der Waals surface area contributed by atoms with Crippen molar-refractivity contribution in [3.8, 4) is 5.75 Å². The Morgan fingerprint density at radius 3 is 2.48 bits per heavy atom. The van der Waals surface area contributed by atoms with E-state index >= 15 is 0 Å². The summed E-state index contributed by atoms with van der Waals surface area (Å²) in [6.45, 7) is 5.39. The van der Waals surface area contributed by atoms with Gasteiger partial charge in [0.2, 0.25) is 0 Å². The number of amides is 3. The number of nitrogens with two attached hydrogens (primary N) is 1. The average Bonchev–Trinajstić information content (AvgIpc) is 2.82. The number of imide groups is 1. The summed E-state index contributed by atoms with van der Waals surface area (Å²) in [6, 6.07) is 7.02. The van der Waals surface area contributed by atoms with Gasteiger partial charge >= 0.3 is 6.03 Å². The van der Waals surface area contributed by atoms with E-state index in [2.05, 4.69) is 5.32 Å². The first kappa shape index (κ1) is 17.3. The lowest BCUT2D eigenvalue weighted by Gasteiger charge is -2.26. The van der Waals surface area contributed by atoms with Crippen molar-refractivity contribution in [2.75, 3.05) is 19.7 Å². The first-order chi connectivity index (χ1) is 11.1. The molecule has 1 aliphatic rings. The number of nitrogens with one attached hydrogen (secondary N) is 1. The highest BCUT2D eigenvalue weighted by Crippen LogP contribution is 2.33. The zero-order valence-electron chi connectivity index (χ0n) is 13.8. The van der Waals surface area contributed by atoms with Crippen LogP contribution in [0.3, 0.4) is 0 Å². The molecule has 1 saturated heterocycles. The van der Waals surface area contributed by atoms with Gasteiger partial charge in [0.1, 0.15) is 11.3 Å². The van der Waals surface area contributed by atoms with E-state index in [9.17, 15) is 9.59 Å². The first-order valence-corrected chi connectivity index (χ1v) is 8.16. The number of urea groups is 1. The Morgan fingerprint density at radius 1 is 1.22 bits per heavy atom. The van der Waals surface area contributed by atoms with E-state index in [0.717, 1.165) is 17.7 Å². The second kappa shape index (κ2) is 7.46. The molecule has 6 nitrogen and oxygen atoms in total. The molecule has 0 saturated carbocycles. The Balaban J connectivity index is 2.23. The fourth-order valence-electron chi connectivity index (χ4n) is 2.77. The number of carbonyl (C=O) groups is 2. The molecule has 1 atom stereocenters. The van der Waals surface area contributed by atoms with Gasteiger partial charge in [-0.2, -0.15) is 0 Å². The zero-order chi connectivity index (χ0) is 16.9. The minimum atomic E-state index is -0.991. The number of nitrogens with zero attached hydrogens (tertiary/aromatic N) is 1. The van der Waals surface area contributed by atoms with Gasteiger partial charge in [-0.05, 0) is 43.5 Å². The van der Waals surface area contributed by atoms with Crippen LogP contribution in [-0.2, 0) is 10.3 Å². The van der Waals surface area contributed by atoms with E-state index < -0.39 is 5.54 Å². The molecule has 2 rings (SSSR count). The SMILES string of the molecule is CCCOc1ccc(C2(CC)NC(=O)N(CCCN)C2=O)cc1. The zero-order valence-corrected chi connectivity index (χ0v) is 13.8. The molecule has 0 spiro atoms. The van der Waals surface area contributed by atoms with Crippen molar-refractivity contribution in [1.82, 2.24) is 10.2 Å². The molecule has 0 aromatic heterocycles. The number of carbonyl (C=O) groups excluding carboxylic acids is 2. The lowest BCUT2D eigenvalue weighted by atomic mass is 9.87. The second-order valence-electron chi connectivity index (χ2n) is 5.66. The number of hydrogen-bond acceptors (Lipinski definition) is 4. The van der Waals surface area contributed by atoms with Gasteiger partial charge in [0, 0.05) is 6.54 Å². The Hall–Kier alpha value is -2.08. The molecule has 1 aromatic carbocycles. The van der Waals surface area contributed by atoms with Crippen LogP contribution in [0.2, 0.25) is 0 Å². The van der Waals surface area contributed by atoms with Crippen LogP contribution in [0.1, 0.15) is 38.7 Å². The van der Waals surface area contributed by atoms with Crippen LogP contribution in [-0.4, -0.2) is 36.5 Å². The molecule has 6 heteroatoms. The van der Waals surface area contributed by atoms with Crippen molar-refractivity contribution in [1.29, 1.82) is 0 Å². The molecular weight excluding hydrogens is 294 g/mol. The highest BCUT2D eigenvalue weighted by atomic mass is 16.5. The number of rotatable bonds is 8. The molecule has 1 aliphatic heterocycles. The topological polar surface area (TPSA) is 84.7 Å². The summed E-state index contributed by atoms with van der Waals surface area (Å²) in [7, 11) is 0. The van der Waals surface area contributed by atoms with Gasteiger partial charge in [-0.1, -0.05) is 26.0 Å². The normalized spacial score (nSPS) is 20.7. The Bertz CT molecular complexity index is 559. The Kier molecular flexibility index (Phi) is 5.60. The van der Waals surface area contributed by atoms with Crippen LogP contribution < -0.4 is 15.8 Å². The largest absolute Gasteiger partial charge is 0.494 e. The van der Waals surface area contributed by atoms with Crippen LogP contribution in [0.5, 0.6) is 5.75 Å². The van der Waals surface area contributed by atoms with Crippen LogP contribution in [0.25, 0.3) is 0 Å². The molecule has 3 N–H and O–H groups in total. The van der Waals surface area contributed by atoms with E-state index in [1.807, 2.05) is 38.1 Å². The summed E-state index contributed by atoms with van der Waals surface area (Å²) >= 11 is 0. The van der Waals surface area contributed by atoms with Gasteiger partial charge in [-0.25, -0.2) is 4.79 Å². The molecule has 0 bridgehead atoms. The molecule has 23 heavy (non-hydrogen) atoms. The maximum absolute atomic E-state index is 12.8. The molecule has 1 heterocycles. The van der Waals surface area contributed by atoms with Gasteiger partial charge in [-0.3, -0.25) is 9.69 Å². The number of hydrogen-bond donors (Lipinski definition) is 2. The molecule has 1 unspecified atom stereocenters. The molecule has 0 aliphatic carbocycles. The maximum Gasteiger partial charge on any atom is 0.325 e. The van der Waals surface area contributed by atoms with E-state index in [1.165, 1.54) is 4.90 Å². The first-order valence-electron chi connectivity index (χ1n) is 8.16. The van der Waals surface area contributed by atoms with Crippen molar-refractivity contribution in [3.05, 3.63) is 29.8 Å². The van der Waals surface area contributed by atoms with Gasteiger partial charge in [0.05, 0.1) is 6.61 Å². The Labute approximate surface area is 137 Å². The van der Waals surface area contributed by atoms with Crippen molar-refractivity contribution < 1.29 is 14.3 Å². The summed E-state index contributed by atoms with van der Waals surface area (Å²) in [5.41, 5.74) is 5.27. The van der Waals surface area contributed by atoms with E-state index in [4.69, 9.17) is 10.5 Å². The van der Waals surface area contributed by atoms with Crippen molar-refractivity contribution in [3.63, 3.8) is 0 Å². The third-order valence-electron chi connectivity index (χ3n) is 4.11. The minimum Gasteiger partial charge on any atom is -0.494 e. The van der Waals surface area contributed by atoms with Crippen LogP contribution >= 0.6 is 0 Å². The summed E-state index contributed by atoms with van der Waals surface area (Å²) in [6.07, 6.45) is 2.03. The van der Waals surface area contributed by atoms with Gasteiger partial charge in [-0.15, -0.1) is 0 Å². The lowest BCUT2D eigenvalue weighted by Crippen LogP contribution is -2.43. The fraction of sp³-hybridized carbons (Fsp3) is 0.529. The Morgan fingerprint density at radius 2 is 1.91 bits per heavy atom. The summed E-state index contributed by atoms with van der Waals surface area (Å²) in [5, 5.41) is 2.86. The summed E-state index contributed by atoms with van der Waals surface area (Å²) in [4.78, 5) is 26.2.